The number of aliphatic hydroxyl groups excluding tert-OH is 1. The van der Waals surface area contributed by atoms with Gasteiger partial charge in [-0.15, -0.1) is 0 Å². The molecule has 1 amide bonds. The standard InChI is InChI=1S/C25H31ClN2O4.C6H8O7/c1-27(12-13-29)24(31)20(14-18-6-7-21(30)15-23(18)26)16-28-10-8-25(9-11-28)22-5-3-2-4-19(22)17-32-25;7-3(8)1-6(13,5(11)12)2-4(9)10/h2-7,15,20,29-30H,8-14,16-17H2,1H3;13H,1-2H2,(H,7,8)(H,9,10)(H,11,12). The summed E-state index contributed by atoms with van der Waals surface area (Å²) in [5.74, 6) is -5.21. The molecule has 2 heterocycles. The molecule has 2 aromatic rings. The molecule has 2 aliphatic heterocycles. The molecule has 6 N–H and O–H groups in total. The molecule has 2 aliphatic rings. The Hall–Kier alpha value is -3.75. The van der Waals surface area contributed by atoms with Gasteiger partial charge in [-0.05, 0) is 48.1 Å². The van der Waals surface area contributed by atoms with Crippen LogP contribution in [0.1, 0.15) is 42.4 Å². The van der Waals surface area contributed by atoms with E-state index in [0.717, 1.165) is 31.5 Å². The number of likely N-dealkylation sites (tertiary alicyclic amines) is 1. The number of hydrogen-bond donors (Lipinski definition) is 6. The number of piperidine rings is 1. The first-order chi connectivity index (χ1) is 21.2. The highest BCUT2D eigenvalue weighted by Crippen LogP contribution is 2.44. The molecule has 0 radical (unpaired) electrons. The number of aliphatic hydroxyl groups is 2. The summed E-state index contributed by atoms with van der Waals surface area (Å²) in [4.78, 5) is 47.6. The monoisotopic (exact) mass is 650 g/mol. The van der Waals surface area contributed by atoms with Gasteiger partial charge >= 0.3 is 17.9 Å². The van der Waals surface area contributed by atoms with Crippen LogP contribution in [0.15, 0.2) is 42.5 Å². The molecule has 45 heavy (non-hydrogen) atoms. The fourth-order valence-electron chi connectivity index (χ4n) is 5.69. The number of halogens is 1. The van der Waals surface area contributed by atoms with Crippen LogP contribution in [-0.2, 0) is 42.5 Å². The summed E-state index contributed by atoms with van der Waals surface area (Å²) in [5.41, 5.74) is 0.479. The number of hydrogen-bond acceptors (Lipinski definition) is 9. The normalized spacial score (nSPS) is 16.3. The fourth-order valence-corrected chi connectivity index (χ4v) is 5.94. The zero-order valence-corrected chi connectivity index (χ0v) is 25.6. The molecule has 14 heteroatoms. The van der Waals surface area contributed by atoms with Crippen molar-refractivity contribution < 1.29 is 54.6 Å². The Balaban J connectivity index is 0.000000360. The quantitative estimate of drug-likeness (QED) is 0.195. The number of phenolic OH excluding ortho intramolecular Hbond substituents is 1. The van der Waals surface area contributed by atoms with Crippen molar-refractivity contribution in [2.24, 2.45) is 5.92 Å². The summed E-state index contributed by atoms with van der Waals surface area (Å²) in [5, 5.41) is 53.2. The van der Waals surface area contributed by atoms with Gasteiger partial charge in [-0.3, -0.25) is 14.4 Å². The third kappa shape index (κ3) is 9.38. The molecule has 1 unspecified atom stereocenters. The predicted molar refractivity (Wildman–Crippen MR) is 161 cm³/mol. The Morgan fingerprint density at radius 2 is 1.67 bits per heavy atom. The van der Waals surface area contributed by atoms with E-state index >= 15 is 0 Å². The second-order valence-electron chi connectivity index (χ2n) is 11.4. The van der Waals surface area contributed by atoms with Crippen LogP contribution >= 0.6 is 11.6 Å². The lowest BCUT2D eigenvalue weighted by Crippen LogP contribution is -2.47. The minimum Gasteiger partial charge on any atom is -0.508 e. The summed E-state index contributed by atoms with van der Waals surface area (Å²) in [7, 11) is 1.72. The third-order valence-corrected chi connectivity index (χ3v) is 8.46. The minimum absolute atomic E-state index is 0.00839. The lowest BCUT2D eigenvalue weighted by Gasteiger charge is -2.40. The van der Waals surface area contributed by atoms with Crippen LogP contribution in [-0.4, -0.2) is 110 Å². The van der Waals surface area contributed by atoms with Crippen molar-refractivity contribution in [3.8, 4) is 5.75 Å². The van der Waals surface area contributed by atoms with Gasteiger partial charge in [0.05, 0.1) is 37.6 Å². The van der Waals surface area contributed by atoms with Crippen LogP contribution in [0.3, 0.4) is 0 Å². The smallest absolute Gasteiger partial charge is 0.336 e. The average molecular weight is 651 g/mol. The fraction of sp³-hybridized carbons (Fsp3) is 0.484. The molecule has 13 nitrogen and oxygen atoms in total. The number of fused-ring (bicyclic) bond motifs is 2. The number of aromatic hydroxyl groups is 1. The zero-order chi connectivity index (χ0) is 33.4. The van der Waals surface area contributed by atoms with Crippen molar-refractivity contribution in [1.82, 2.24) is 9.80 Å². The highest BCUT2D eigenvalue weighted by molar-refractivity contribution is 6.31. The maximum atomic E-state index is 13.2. The van der Waals surface area contributed by atoms with Crippen LogP contribution in [0.2, 0.25) is 5.02 Å². The van der Waals surface area contributed by atoms with E-state index in [9.17, 15) is 29.4 Å². The SMILES string of the molecule is CN(CCO)C(=O)C(Cc1ccc(O)cc1Cl)CN1CCC2(CC1)OCc1ccccc12.O=C(O)CC(O)(CC(=O)O)C(=O)O. The number of likely N-dealkylation sites (N-methyl/N-ethyl adjacent to an activating group) is 1. The second-order valence-corrected chi connectivity index (χ2v) is 11.8. The average Bonchev–Trinajstić information content (AvgIpc) is 3.32. The lowest BCUT2D eigenvalue weighted by molar-refractivity contribution is -0.170. The minimum atomic E-state index is -2.74. The maximum Gasteiger partial charge on any atom is 0.336 e. The summed E-state index contributed by atoms with van der Waals surface area (Å²) in [6.45, 7) is 3.21. The lowest BCUT2D eigenvalue weighted by atomic mass is 9.83. The molecule has 1 atom stereocenters. The molecular formula is C31H39ClN2O11. The third-order valence-electron chi connectivity index (χ3n) is 8.10. The number of carbonyl (C=O) groups excluding carboxylic acids is 1. The van der Waals surface area contributed by atoms with Crippen molar-refractivity contribution in [1.29, 1.82) is 0 Å². The molecule has 2 aromatic carbocycles. The van der Waals surface area contributed by atoms with Gasteiger partial charge in [0.1, 0.15) is 5.75 Å². The first-order valence-corrected chi connectivity index (χ1v) is 14.7. The van der Waals surface area contributed by atoms with Gasteiger partial charge in [-0.1, -0.05) is 41.9 Å². The Labute approximate surface area is 265 Å². The molecular weight excluding hydrogens is 612 g/mol. The number of aliphatic carboxylic acids is 3. The Morgan fingerprint density at radius 1 is 1.04 bits per heavy atom. The molecule has 0 saturated carbocycles. The van der Waals surface area contributed by atoms with Gasteiger partial charge in [0.25, 0.3) is 0 Å². The molecule has 1 fully saturated rings. The highest BCUT2D eigenvalue weighted by Gasteiger charge is 2.43. The van der Waals surface area contributed by atoms with E-state index in [2.05, 4.69) is 29.2 Å². The van der Waals surface area contributed by atoms with Gasteiger partial charge in [0, 0.05) is 38.2 Å². The van der Waals surface area contributed by atoms with Crippen LogP contribution in [0.5, 0.6) is 5.75 Å². The summed E-state index contributed by atoms with van der Waals surface area (Å²) in [6.07, 6.45) is -0.00725. The molecule has 0 aromatic heterocycles. The molecule has 1 saturated heterocycles. The topological polar surface area (TPSA) is 205 Å². The van der Waals surface area contributed by atoms with E-state index in [4.69, 9.17) is 36.8 Å². The zero-order valence-electron chi connectivity index (χ0n) is 24.9. The molecule has 0 bridgehead atoms. The first kappa shape index (κ1) is 35.7. The number of phenols is 1. The number of nitrogens with zero attached hydrogens (tertiary/aromatic N) is 2. The summed E-state index contributed by atoms with van der Waals surface area (Å²) < 4.78 is 6.27. The number of carbonyl (C=O) groups is 4. The van der Waals surface area contributed by atoms with Crippen LogP contribution in [0.25, 0.3) is 0 Å². The first-order valence-electron chi connectivity index (χ1n) is 14.4. The number of rotatable bonds is 12. The van der Waals surface area contributed by atoms with E-state index in [1.54, 1.807) is 24.1 Å². The predicted octanol–water partition coefficient (Wildman–Crippen LogP) is 1.93. The van der Waals surface area contributed by atoms with Crippen molar-refractivity contribution in [2.75, 3.05) is 39.8 Å². The largest absolute Gasteiger partial charge is 0.508 e. The van der Waals surface area contributed by atoms with Gasteiger partial charge in [-0.2, -0.15) is 0 Å². The van der Waals surface area contributed by atoms with Crippen LogP contribution in [0, 0.1) is 5.92 Å². The molecule has 0 aliphatic carbocycles. The van der Waals surface area contributed by atoms with Crippen molar-refractivity contribution in [3.05, 3.63) is 64.2 Å². The van der Waals surface area contributed by atoms with Crippen LogP contribution < -0.4 is 0 Å². The van der Waals surface area contributed by atoms with Gasteiger partial charge in [0.15, 0.2) is 5.60 Å². The summed E-state index contributed by atoms with van der Waals surface area (Å²) >= 11 is 6.34. The Morgan fingerprint density at radius 3 is 2.22 bits per heavy atom. The van der Waals surface area contributed by atoms with Gasteiger partial charge in [0.2, 0.25) is 5.91 Å². The van der Waals surface area contributed by atoms with Crippen LogP contribution in [0.4, 0.5) is 0 Å². The second kappa shape index (κ2) is 15.5. The number of carboxylic acids is 3. The highest BCUT2D eigenvalue weighted by atomic mass is 35.5. The number of benzene rings is 2. The molecule has 4 rings (SSSR count). The maximum absolute atomic E-state index is 13.2. The van der Waals surface area contributed by atoms with E-state index < -0.39 is 36.4 Å². The Kier molecular flexibility index (Phi) is 12.3. The van der Waals surface area contributed by atoms with E-state index in [-0.39, 0.29) is 29.8 Å². The van der Waals surface area contributed by atoms with Gasteiger partial charge < -0.3 is 45.2 Å². The van der Waals surface area contributed by atoms with Crippen molar-refractivity contribution in [2.45, 2.75) is 49.9 Å². The molecule has 1 spiro atoms. The van der Waals surface area contributed by atoms with Crippen molar-refractivity contribution in [3.63, 3.8) is 0 Å². The van der Waals surface area contributed by atoms with Gasteiger partial charge in [-0.25, -0.2) is 4.79 Å². The van der Waals surface area contributed by atoms with E-state index in [1.807, 2.05) is 0 Å². The van der Waals surface area contributed by atoms with E-state index in [1.165, 1.54) is 17.2 Å². The number of amides is 1. The number of ether oxygens (including phenoxy) is 1. The van der Waals surface area contributed by atoms with Crippen molar-refractivity contribution >= 4 is 35.4 Å². The molecule has 246 valence electrons. The Bertz CT molecular complexity index is 1360. The van der Waals surface area contributed by atoms with E-state index in [0.29, 0.717) is 31.1 Å². The summed E-state index contributed by atoms with van der Waals surface area (Å²) in [6, 6.07) is 13.3. The number of carboxylic acid groups (broad SMARTS) is 3.